The van der Waals surface area contributed by atoms with Gasteiger partial charge in [-0.15, -0.1) is 12.3 Å². The lowest BCUT2D eigenvalue weighted by molar-refractivity contribution is 0.300. The van der Waals surface area contributed by atoms with Crippen molar-refractivity contribution in [2.24, 2.45) is 11.8 Å². The van der Waals surface area contributed by atoms with Crippen LogP contribution in [0, 0.1) is 24.2 Å². The van der Waals surface area contributed by atoms with E-state index in [1.54, 1.807) is 0 Å². The molecule has 2 unspecified atom stereocenters. The van der Waals surface area contributed by atoms with Crippen LogP contribution in [-0.2, 0) is 0 Å². The molecule has 70 valence electrons. The Balaban J connectivity index is 3.89. The molecule has 0 aliphatic rings. The van der Waals surface area contributed by atoms with Gasteiger partial charge in [0.15, 0.2) is 0 Å². The fraction of sp³-hybridized carbons (Fsp3) is 0.818. The van der Waals surface area contributed by atoms with E-state index in [1.807, 2.05) is 7.05 Å². The molecule has 2 atom stereocenters. The lowest BCUT2D eigenvalue weighted by atomic mass is 9.88. The standard InChI is InChI=1S/C11H21N/c1-6-7-8-11(12-5)10(4)9(2)3/h1,9-12H,7-8H2,2-5H3. The van der Waals surface area contributed by atoms with Crippen molar-refractivity contribution in [3.8, 4) is 12.3 Å². The van der Waals surface area contributed by atoms with E-state index in [1.165, 1.54) is 0 Å². The van der Waals surface area contributed by atoms with Crippen molar-refractivity contribution >= 4 is 0 Å². The summed E-state index contributed by atoms with van der Waals surface area (Å²) in [5.74, 6) is 4.11. The second-order valence-electron chi connectivity index (χ2n) is 3.74. The molecule has 0 aromatic rings. The van der Waals surface area contributed by atoms with E-state index >= 15 is 0 Å². The number of hydrogen-bond donors (Lipinski definition) is 1. The van der Waals surface area contributed by atoms with Gasteiger partial charge in [0, 0.05) is 12.5 Å². The average molecular weight is 167 g/mol. The maximum atomic E-state index is 5.23. The molecule has 0 fully saturated rings. The van der Waals surface area contributed by atoms with Gasteiger partial charge in [-0.25, -0.2) is 0 Å². The fourth-order valence-electron chi connectivity index (χ4n) is 1.37. The summed E-state index contributed by atoms with van der Waals surface area (Å²) in [6.45, 7) is 6.79. The second-order valence-corrected chi connectivity index (χ2v) is 3.74. The highest BCUT2D eigenvalue weighted by Gasteiger charge is 2.17. The normalized spacial score (nSPS) is 15.7. The minimum atomic E-state index is 0.570. The predicted octanol–water partition coefficient (Wildman–Crippen LogP) is 2.28. The molecular weight excluding hydrogens is 146 g/mol. The fourth-order valence-corrected chi connectivity index (χ4v) is 1.37. The molecule has 12 heavy (non-hydrogen) atoms. The summed E-state index contributed by atoms with van der Waals surface area (Å²) in [6.07, 6.45) is 7.20. The Kier molecular flexibility index (Phi) is 5.84. The zero-order valence-electron chi connectivity index (χ0n) is 8.72. The maximum Gasteiger partial charge on any atom is 0.0101 e. The lowest BCUT2D eigenvalue weighted by Gasteiger charge is -2.25. The Bertz CT molecular complexity index is 144. The zero-order chi connectivity index (χ0) is 9.56. The molecule has 0 spiro atoms. The van der Waals surface area contributed by atoms with Gasteiger partial charge in [0.05, 0.1) is 0 Å². The molecule has 1 nitrogen and oxygen atoms in total. The molecule has 0 saturated carbocycles. The van der Waals surface area contributed by atoms with Gasteiger partial charge in [-0.2, -0.15) is 0 Å². The van der Waals surface area contributed by atoms with Crippen LogP contribution in [0.4, 0.5) is 0 Å². The molecule has 0 saturated heterocycles. The van der Waals surface area contributed by atoms with Gasteiger partial charge in [-0.3, -0.25) is 0 Å². The summed E-state index contributed by atoms with van der Waals surface area (Å²) in [5.41, 5.74) is 0. The zero-order valence-corrected chi connectivity index (χ0v) is 8.72. The largest absolute Gasteiger partial charge is 0.317 e. The van der Waals surface area contributed by atoms with Crippen LogP contribution in [0.15, 0.2) is 0 Å². The van der Waals surface area contributed by atoms with E-state index in [0.717, 1.165) is 18.8 Å². The summed E-state index contributed by atoms with van der Waals surface area (Å²) in [7, 11) is 2.01. The van der Waals surface area contributed by atoms with Gasteiger partial charge in [0.1, 0.15) is 0 Å². The first kappa shape index (κ1) is 11.5. The van der Waals surface area contributed by atoms with E-state index in [2.05, 4.69) is 32.0 Å². The molecule has 0 bridgehead atoms. The lowest BCUT2D eigenvalue weighted by Crippen LogP contribution is -2.34. The van der Waals surface area contributed by atoms with Crippen LogP contribution in [0.5, 0.6) is 0 Å². The van der Waals surface area contributed by atoms with Crippen LogP contribution in [0.3, 0.4) is 0 Å². The van der Waals surface area contributed by atoms with Gasteiger partial charge in [-0.1, -0.05) is 20.8 Å². The van der Waals surface area contributed by atoms with Gasteiger partial charge in [-0.05, 0) is 25.3 Å². The third-order valence-electron chi connectivity index (χ3n) is 2.66. The first-order valence-electron chi connectivity index (χ1n) is 4.74. The monoisotopic (exact) mass is 167 g/mol. The first-order valence-corrected chi connectivity index (χ1v) is 4.74. The van der Waals surface area contributed by atoms with Crippen LogP contribution in [0.1, 0.15) is 33.6 Å². The highest BCUT2D eigenvalue weighted by molar-refractivity contribution is 4.87. The smallest absolute Gasteiger partial charge is 0.0101 e. The second kappa shape index (κ2) is 6.08. The van der Waals surface area contributed by atoms with Crippen LogP contribution in [-0.4, -0.2) is 13.1 Å². The summed E-state index contributed by atoms with van der Waals surface area (Å²) >= 11 is 0. The third kappa shape index (κ3) is 3.78. The number of rotatable bonds is 5. The Hall–Kier alpha value is -0.480. The highest BCUT2D eigenvalue weighted by atomic mass is 14.9. The SMILES string of the molecule is C#CCCC(NC)C(C)C(C)C. The van der Waals surface area contributed by atoms with E-state index < -0.39 is 0 Å². The third-order valence-corrected chi connectivity index (χ3v) is 2.66. The van der Waals surface area contributed by atoms with Crippen molar-refractivity contribution in [2.45, 2.75) is 39.7 Å². The topological polar surface area (TPSA) is 12.0 Å². The van der Waals surface area contributed by atoms with Crippen molar-refractivity contribution in [3.63, 3.8) is 0 Å². The predicted molar refractivity (Wildman–Crippen MR) is 54.9 cm³/mol. The number of hydrogen-bond acceptors (Lipinski definition) is 1. The van der Waals surface area contributed by atoms with Crippen molar-refractivity contribution in [2.75, 3.05) is 7.05 Å². The summed E-state index contributed by atoms with van der Waals surface area (Å²) in [4.78, 5) is 0. The van der Waals surface area contributed by atoms with Gasteiger partial charge >= 0.3 is 0 Å². The van der Waals surface area contributed by atoms with Crippen LogP contribution in [0.2, 0.25) is 0 Å². The Labute approximate surface area is 76.9 Å². The molecule has 0 rings (SSSR count). The number of nitrogens with one attached hydrogen (secondary N) is 1. The van der Waals surface area contributed by atoms with E-state index in [-0.39, 0.29) is 0 Å². The van der Waals surface area contributed by atoms with Crippen molar-refractivity contribution in [3.05, 3.63) is 0 Å². The molecule has 0 amide bonds. The quantitative estimate of drug-likeness (QED) is 0.619. The van der Waals surface area contributed by atoms with Crippen molar-refractivity contribution in [1.82, 2.24) is 5.32 Å². The molecular formula is C11H21N. The minimum absolute atomic E-state index is 0.570. The van der Waals surface area contributed by atoms with Crippen LogP contribution in [0.25, 0.3) is 0 Å². The summed E-state index contributed by atoms with van der Waals surface area (Å²) in [5, 5.41) is 3.32. The van der Waals surface area contributed by atoms with Gasteiger partial charge in [0.25, 0.3) is 0 Å². The molecule has 1 N–H and O–H groups in total. The van der Waals surface area contributed by atoms with Crippen LogP contribution < -0.4 is 5.32 Å². The van der Waals surface area contributed by atoms with E-state index in [4.69, 9.17) is 6.42 Å². The number of terminal acetylenes is 1. The van der Waals surface area contributed by atoms with Gasteiger partial charge in [0.2, 0.25) is 0 Å². The highest BCUT2D eigenvalue weighted by Crippen LogP contribution is 2.17. The van der Waals surface area contributed by atoms with Crippen LogP contribution >= 0.6 is 0 Å². The summed E-state index contributed by atoms with van der Waals surface area (Å²) < 4.78 is 0. The molecule has 0 heterocycles. The maximum absolute atomic E-state index is 5.23. The van der Waals surface area contributed by atoms with E-state index in [9.17, 15) is 0 Å². The Morgan fingerprint density at radius 2 is 1.92 bits per heavy atom. The molecule has 1 heteroatoms. The molecule has 0 radical (unpaired) electrons. The molecule has 0 aliphatic heterocycles. The van der Waals surface area contributed by atoms with E-state index in [0.29, 0.717) is 12.0 Å². The Morgan fingerprint density at radius 1 is 1.33 bits per heavy atom. The molecule has 0 aromatic heterocycles. The van der Waals surface area contributed by atoms with Gasteiger partial charge < -0.3 is 5.32 Å². The first-order chi connectivity index (χ1) is 5.63. The minimum Gasteiger partial charge on any atom is -0.317 e. The average Bonchev–Trinajstić information content (AvgIpc) is 2.05. The van der Waals surface area contributed by atoms with Crippen molar-refractivity contribution < 1.29 is 0 Å². The molecule has 0 aromatic carbocycles. The summed E-state index contributed by atoms with van der Waals surface area (Å²) in [6, 6.07) is 0.570. The van der Waals surface area contributed by atoms with Crippen molar-refractivity contribution in [1.29, 1.82) is 0 Å². The Morgan fingerprint density at radius 3 is 2.25 bits per heavy atom. The molecule has 0 aliphatic carbocycles.